The molecule has 1 aromatic heterocycles. The van der Waals surface area contributed by atoms with Crippen LogP contribution >= 0.6 is 27.3 Å². The second kappa shape index (κ2) is 11.3. The number of thiazole rings is 1. The number of carbonyl (C=O) groups is 1. The molecule has 2 heterocycles. The lowest BCUT2D eigenvalue weighted by Crippen LogP contribution is -2.39. The molecule has 7 nitrogen and oxygen atoms in total. The van der Waals surface area contributed by atoms with Crippen molar-refractivity contribution in [2.45, 2.75) is 33.2 Å². The predicted molar refractivity (Wildman–Crippen MR) is 143 cm³/mol. The number of rotatable bonds is 8. The van der Waals surface area contributed by atoms with Crippen molar-refractivity contribution in [3.8, 4) is 11.5 Å². The van der Waals surface area contributed by atoms with E-state index < -0.39 is 12.0 Å². The molecule has 0 spiro atoms. The number of nitrogens with zero attached hydrogens (tertiary/aromatic N) is 2. The van der Waals surface area contributed by atoms with Crippen molar-refractivity contribution in [3.05, 3.63) is 89.0 Å². The van der Waals surface area contributed by atoms with Crippen molar-refractivity contribution in [1.82, 2.24) is 4.57 Å². The van der Waals surface area contributed by atoms with Gasteiger partial charge in [0.15, 0.2) is 4.80 Å². The van der Waals surface area contributed by atoms with E-state index in [0.29, 0.717) is 37.4 Å². The van der Waals surface area contributed by atoms with Crippen molar-refractivity contribution in [2.24, 2.45) is 4.99 Å². The zero-order chi connectivity index (χ0) is 25.8. The number of allylic oxidation sites excluding steroid dienone is 1. The maximum absolute atomic E-state index is 13.7. The summed E-state index contributed by atoms with van der Waals surface area (Å²) in [6.07, 6.45) is 2.76. The van der Waals surface area contributed by atoms with Crippen LogP contribution in [0.25, 0.3) is 6.08 Å². The number of methoxy groups -OCH3 is 1. The van der Waals surface area contributed by atoms with Gasteiger partial charge in [0.05, 0.1) is 46.6 Å². The van der Waals surface area contributed by atoms with Gasteiger partial charge in [0.2, 0.25) is 0 Å². The highest BCUT2D eigenvalue weighted by Crippen LogP contribution is 2.35. The molecule has 1 aliphatic rings. The third-order valence-electron chi connectivity index (χ3n) is 5.66. The van der Waals surface area contributed by atoms with Gasteiger partial charge in [-0.15, -0.1) is 0 Å². The minimum absolute atomic E-state index is 0.219. The first kappa shape index (κ1) is 25.9. The van der Waals surface area contributed by atoms with Gasteiger partial charge in [-0.3, -0.25) is 9.36 Å². The van der Waals surface area contributed by atoms with Crippen LogP contribution in [-0.2, 0) is 9.53 Å². The second-order valence-corrected chi connectivity index (χ2v) is 9.98. The quantitative estimate of drug-likeness (QED) is 0.376. The van der Waals surface area contributed by atoms with Crippen molar-refractivity contribution in [2.75, 3.05) is 20.3 Å². The number of halogens is 1. The smallest absolute Gasteiger partial charge is 0.338 e. The van der Waals surface area contributed by atoms with Crippen LogP contribution in [0.3, 0.4) is 0 Å². The number of carbonyl (C=O) groups excluding carboxylic acids is 1. The van der Waals surface area contributed by atoms with E-state index in [1.165, 1.54) is 11.3 Å². The largest absolute Gasteiger partial charge is 0.496 e. The Morgan fingerprint density at radius 2 is 1.94 bits per heavy atom. The van der Waals surface area contributed by atoms with E-state index in [1.807, 2.05) is 42.5 Å². The van der Waals surface area contributed by atoms with Gasteiger partial charge in [0.25, 0.3) is 5.56 Å². The van der Waals surface area contributed by atoms with Crippen molar-refractivity contribution >= 4 is 39.3 Å². The topological polar surface area (TPSA) is 79.1 Å². The third kappa shape index (κ3) is 5.17. The zero-order valence-electron chi connectivity index (χ0n) is 20.5. The Balaban J connectivity index is 1.86. The summed E-state index contributed by atoms with van der Waals surface area (Å²) in [5.74, 6) is 0.943. The fourth-order valence-electron chi connectivity index (χ4n) is 3.99. The summed E-state index contributed by atoms with van der Waals surface area (Å²) in [6, 6.07) is 12.4. The maximum atomic E-state index is 13.7. The summed E-state index contributed by atoms with van der Waals surface area (Å²) in [5, 5.41) is 0. The number of benzene rings is 2. The van der Waals surface area contributed by atoms with Crippen LogP contribution in [0.4, 0.5) is 0 Å². The molecule has 0 aliphatic carbocycles. The van der Waals surface area contributed by atoms with Crippen molar-refractivity contribution in [3.63, 3.8) is 0 Å². The lowest BCUT2D eigenvalue weighted by Gasteiger charge is -2.25. The summed E-state index contributed by atoms with van der Waals surface area (Å²) in [5.41, 5.74) is 2.25. The molecule has 36 heavy (non-hydrogen) atoms. The second-order valence-electron chi connectivity index (χ2n) is 8.11. The highest BCUT2D eigenvalue weighted by atomic mass is 79.9. The van der Waals surface area contributed by atoms with Gasteiger partial charge >= 0.3 is 5.97 Å². The van der Waals surface area contributed by atoms with E-state index >= 15 is 0 Å². The fraction of sp³-hybridized carbons (Fsp3) is 0.296. The number of hydrogen-bond donors (Lipinski definition) is 0. The number of esters is 1. The van der Waals surface area contributed by atoms with E-state index in [2.05, 4.69) is 27.8 Å². The number of ether oxygens (including phenoxy) is 3. The number of fused-ring (bicyclic) bond motifs is 1. The molecule has 188 valence electrons. The molecule has 2 aromatic carbocycles. The Kier molecular flexibility index (Phi) is 8.11. The van der Waals surface area contributed by atoms with Crippen LogP contribution in [-0.4, -0.2) is 30.9 Å². The molecule has 0 unspecified atom stereocenters. The highest BCUT2D eigenvalue weighted by molar-refractivity contribution is 9.10. The SMILES string of the molecule is CCCOc1ccc(/C=c2\sc3n(c2=O)[C@H](c2ccc(OC)c(Br)c2)C(C(=O)OCC)=C(C)N=3)cc1. The average molecular weight is 571 g/mol. The molecule has 1 aliphatic heterocycles. The number of hydrogen-bond acceptors (Lipinski definition) is 7. The normalized spacial score (nSPS) is 15.4. The van der Waals surface area contributed by atoms with Crippen LogP contribution in [0.2, 0.25) is 0 Å². The lowest BCUT2D eigenvalue weighted by atomic mass is 9.96. The summed E-state index contributed by atoms with van der Waals surface area (Å²) < 4.78 is 19.2. The van der Waals surface area contributed by atoms with Gasteiger partial charge in [0, 0.05) is 0 Å². The molecule has 0 saturated heterocycles. The summed E-state index contributed by atoms with van der Waals surface area (Å²) in [6.45, 7) is 6.45. The van der Waals surface area contributed by atoms with Gasteiger partial charge in [0.1, 0.15) is 11.5 Å². The third-order valence-corrected chi connectivity index (χ3v) is 7.26. The molecule has 0 fully saturated rings. The minimum atomic E-state index is -0.686. The Morgan fingerprint density at radius 3 is 2.58 bits per heavy atom. The predicted octanol–water partition coefficient (Wildman–Crippen LogP) is 4.36. The van der Waals surface area contributed by atoms with E-state index in [9.17, 15) is 9.59 Å². The lowest BCUT2D eigenvalue weighted by molar-refractivity contribution is -0.139. The summed E-state index contributed by atoms with van der Waals surface area (Å²) >= 11 is 4.81. The Bertz CT molecular complexity index is 1490. The molecule has 0 N–H and O–H groups in total. The monoisotopic (exact) mass is 570 g/mol. The highest BCUT2D eigenvalue weighted by Gasteiger charge is 2.33. The van der Waals surface area contributed by atoms with Crippen LogP contribution < -0.4 is 24.4 Å². The molecular formula is C27H27BrN2O5S. The van der Waals surface area contributed by atoms with Crippen LogP contribution in [0.15, 0.2) is 68.0 Å². The molecular weight excluding hydrogens is 544 g/mol. The van der Waals surface area contributed by atoms with Crippen molar-refractivity contribution in [1.29, 1.82) is 0 Å². The molecule has 0 amide bonds. The van der Waals surface area contributed by atoms with Crippen LogP contribution in [0, 0.1) is 0 Å². The van der Waals surface area contributed by atoms with Crippen LogP contribution in [0.1, 0.15) is 44.4 Å². The van der Waals surface area contributed by atoms with E-state index in [4.69, 9.17) is 14.2 Å². The maximum Gasteiger partial charge on any atom is 0.338 e. The summed E-state index contributed by atoms with van der Waals surface area (Å²) in [4.78, 5) is 31.9. The first-order valence-corrected chi connectivity index (χ1v) is 13.2. The van der Waals surface area contributed by atoms with E-state index in [-0.39, 0.29) is 12.2 Å². The Morgan fingerprint density at radius 1 is 1.19 bits per heavy atom. The van der Waals surface area contributed by atoms with Gasteiger partial charge in [-0.2, -0.15) is 0 Å². The summed E-state index contributed by atoms with van der Waals surface area (Å²) in [7, 11) is 1.58. The Hall–Kier alpha value is -3.17. The Labute approximate surface area is 221 Å². The molecule has 0 saturated carbocycles. The zero-order valence-corrected chi connectivity index (χ0v) is 22.9. The minimum Gasteiger partial charge on any atom is -0.496 e. The van der Waals surface area contributed by atoms with Crippen LogP contribution in [0.5, 0.6) is 11.5 Å². The number of aromatic nitrogens is 1. The van der Waals surface area contributed by atoms with Gasteiger partial charge < -0.3 is 14.2 Å². The molecule has 0 bridgehead atoms. The fourth-order valence-corrected chi connectivity index (χ4v) is 5.60. The molecule has 3 aromatic rings. The molecule has 1 atom stereocenters. The molecule has 9 heteroatoms. The molecule has 4 rings (SSSR count). The van der Waals surface area contributed by atoms with Crippen molar-refractivity contribution < 1.29 is 19.0 Å². The van der Waals surface area contributed by atoms with Gasteiger partial charge in [-0.25, -0.2) is 9.79 Å². The van der Waals surface area contributed by atoms with E-state index in [0.717, 1.165) is 23.3 Å². The first-order chi connectivity index (χ1) is 17.4. The average Bonchev–Trinajstić information content (AvgIpc) is 3.17. The molecule has 0 radical (unpaired) electrons. The standard InChI is InChI=1S/C27H27BrN2O5S/c1-5-13-35-19-10-7-17(8-11-19)14-22-25(31)30-24(18-9-12-21(33-4)20(28)15-18)23(26(32)34-6-2)16(3)29-27(30)36-22/h7-12,14-15,24H,5-6,13H2,1-4H3/b22-14-/t24-/m1/s1. The van der Waals surface area contributed by atoms with Gasteiger partial charge in [-0.05, 0) is 77.7 Å². The van der Waals surface area contributed by atoms with E-state index in [1.54, 1.807) is 31.6 Å². The first-order valence-electron chi connectivity index (χ1n) is 11.6. The van der Waals surface area contributed by atoms with Gasteiger partial charge in [-0.1, -0.05) is 36.5 Å².